The number of amides is 1. The lowest BCUT2D eigenvalue weighted by atomic mass is 9.89. The van der Waals surface area contributed by atoms with E-state index in [2.05, 4.69) is 15.2 Å². The van der Waals surface area contributed by atoms with Crippen molar-refractivity contribution >= 4 is 50.4 Å². The summed E-state index contributed by atoms with van der Waals surface area (Å²) in [7, 11) is 0. The van der Waals surface area contributed by atoms with E-state index in [1.807, 2.05) is 11.0 Å². The first-order chi connectivity index (χ1) is 20.8. The lowest BCUT2D eigenvalue weighted by Crippen LogP contribution is -2.58. The Morgan fingerprint density at radius 2 is 1.79 bits per heavy atom. The minimum atomic E-state index is -0.731. The number of nitrogens with one attached hydrogen (secondary N) is 2. The largest absolute Gasteiger partial charge is 0.506 e. The lowest BCUT2D eigenvalue weighted by Gasteiger charge is -2.47. The maximum Gasteiger partial charge on any atom is 0.305 e. The number of likely N-dealkylation sites (tertiary alicyclic amines) is 1. The van der Waals surface area contributed by atoms with Gasteiger partial charge in [-0.05, 0) is 57.0 Å². The second-order valence-electron chi connectivity index (χ2n) is 11.8. The number of aliphatic hydroxyl groups excluding tert-OH is 1. The van der Waals surface area contributed by atoms with E-state index in [4.69, 9.17) is 16.3 Å². The van der Waals surface area contributed by atoms with Crippen LogP contribution in [-0.4, -0.2) is 88.9 Å². The summed E-state index contributed by atoms with van der Waals surface area (Å²) in [6.07, 6.45) is 9.64. The Labute approximate surface area is 265 Å². The van der Waals surface area contributed by atoms with Gasteiger partial charge in [0, 0.05) is 31.7 Å². The first-order valence-electron chi connectivity index (χ1n) is 15.5. The van der Waals surface area contributed by atoms with E-state index in [9.17, 15) is 19.8 Å². The standard InChI is InChI=1S/C31H43ClN4O5S2/c32-26-11-10-25(42-26)29(39)36-18-19-41-31(21-36)12-16-35(17-13-31)15-7-5-3-1-2-4-6-14-33-20-24(38)22-8-9-23(37)27-28(22)43-30(40)34-27/h8-11,24,33,37-38H,1-7,12-21H2,(H,34,40)/t24-/m0/s1. The Kier molecular flexibility index (Phi) is 11.6. The molecular formula is C31H43ClN4O5S2. The van der Waals surface area contributed by atoms with Gasteiger partial charge in [-0.1, -0.05) is 61.1 Å². The molecule has 0 radical (unpaired) electrons. The molecule has 0 aliphatic carbocycles. The summed E-state index contributed by atoms with van der Waals surface area (Å²) in [4.78, 5) is 32.2. The Bertz CT molecular complexity index is 1400. The van der Waals surface area contributed by atoms with Crippen molar-refractivity contribution < 1.29 is 19.7 Å². The van der Waals surface area contributed by atoms with Gasteiger partial charge in [0.1, 0.15) is 11.3 Å². The van der Waals surface area contributed by atoms with E-state index in [1.165, 1.54) is 55.9 Å². The van der Waals surface area contributed by atoms with Crippen LogP contribution in [0.15, 0.2) is 29.1 Å². The minimum absolute atomic E-state index is 0.0234. The molecule has 0 unspecified atom stereocenters. The highest BCUT2D eigenvalue weighted by molar-refractivity contribution is 7.18. The Morgan fingerprint density at radius 3 is 2.53 bits per heavy atom. The van der Waals surface area contributed by atoms with Crippen LogP contribution in [0.2, 0.25) is 4.34 Å². The van der Waals surface area contributed by atoms with Crippen LogP contribution >= 0.6 is 34.3 Å². The topological polar surface area (TPSA) is 118 Å². The summed E-state index contributed by atoms with van der Waals surface area (Å²) in [5.41, 5.74) is 0.850. The van der Waals surface area contributed by atoms with E-state index in [-0.39, 0.29) is 22.1 Å². The summed E-state index contributed by atoms with van der Waals surface area (Å²) in [6, 6.07) is 6.80. The predicted molar refractivity (Wildman–Crippen MR) is 174 cm³/mol. The quantitative estimate of drug-likeness (QED) is 0.173. The van der Waals surface area contributed by atoms with Gasteiger partial charge in [-0.2, -0.15) is 0 Å². The number of piperidine rings is 1. The van der Waals surface area contributed by atoms with Crippen LogP contribution in [0.25, 0.3) is 10.2 Å². The summed E-state index contributed by atoms with van der Waals surface area (Å²) < 4.78 is 7.51. The van der Waals surface area contributed by atoms with Crippen LogP contribution in [0.1, 0.15) is 79.1 Å². The molecule has 4 N–H and O–H groups in total. The molecule has 1 aromatic carbocycles. The fraction of sp³-hybridized carbons (Fsp3) is 0.613. The van der Waals surface area contributed by atoms with Gasteiger partial charge in [-0.15, -0.1) is 11.3 Å². The first kappa shape index (κ1) is 32.4. The maximum absolute atomic E-state index is 12.9. The molecule has 3 aromatic rings. The number of aromatic nitrogens is 1. The number of hydrogen-bond donors (Lipinski definition) is 4. The van der Waals surface area contributed by atoms with Crippen LogP contribution in [0.5, 0.6) is 5.75 Å². The highest BCUT2D eigenvalue weighted by Crippen LogP contribution is 2.33. The molecule has 2 aliphatic heterocycles. The third kappa shape index (κ3) is 8.59. The zero-order valence-corrected chi connectivity index (χ0v) is 27.0. The number of fused-ring (bicyclic) bond motifs is 1. The third-order valence-corrected chi connectivity index (χ3v) is 10.9. The van der Waals surface area contributed by atoms with E-state index < -0.39 is 6.10 Å². The number of phenolic OH excluding ortho intramolecular Hbond substituents is 1. The molecule has 9 nitrogen and oxygen atoms in total. The van der Waals surface area contributed by atoms with E-state index in [0.717, 1.165) is 56.8 Å². The molecule has 2 saturated heterocycles. The fourth-order valence-electron chi connectivity index (χ4n) is 6.21. The number of carbonyl (C=O) groups is 1. The number of H-pyrrole nitrogens is 1. The molecule has 0 saturated carbocycles. The normalized spacial score (nSPS) is 18.0. The molecule has 2 aromatic heterocycles. The molecule has 236 valence electrons. The number of benzene rings is 1. The van der Waals surface area contributed by atoms with Crippen LogP contribution < -0.4 is 10.2 Å². The number of thiazole rings is 1. The number of carbonyl (C=O) groups excluding carboxylic acids is 1. The highest BCUT2D eigenvalue weighted by Gasteiger charge is 2.41. The van der Waals surface area contributed by atoms with Crippen molar-refractivity contribution in [2.75, 3.05) is 52.4 Å². The number of halogens is 1. The summed E-state index contributed by atoms with van der Waals surface area (Å²) in [5, 5.41) is 23.8. The van der Waals surface area contributed by atoms with Crippen molar-refractivity contribution in [3.63, 3.8) is 0 Å². The lowest BCUT2D eigenvalue weighted by molar-refractivity contribution is -0.127. The van der Waals surface area contributed by atoms with E-state index in [0.29, 0.717) is 51.2 Å². The average molecular weight is 651 g/mol. The molecule has 2 fully saturated rings. The number of nitrogens with zero attached hydrogens (tertiary/aromatic N) is 2. The second-order valence-corrected chi connectivity index (χ2v) is 14.5. The minimum Gasteiger partial charge on any atom is -0.506 e. The highest BCUT2D eigenvalue weighted by atomic mass is 35.5. The number of rotatable bonds is 14. The summed E-state index contributed by atoms with van der Waals surface area (Å²) in [5.74, 6) is 0.0949. The van der Waals surface area contributed by atoms with E-state index in [1.54, 1.807) is 12.1 Å². The molecule has 2 aliphatic rings. The smallest absolute Gasteiger partial charge is 0.305 e. The van der Waals surface area contributed by atoms with Crippen molar-refractivity contribution in [2.45, 2.75) is 69.5 Å². The van der Waals surface area contributed by atoms with Gasteiger partial charge in [0.15, 0.2) is 0 Å². The number of phenols is 1. The van der Waals surface area contributed by atoms with Gasteiger partial charge in [-0.25, -0.2) is 0 Å². The zero-order chi connectivity index (χ0) is 30.2. The molecule has 1 amide bonds. The first-order valence-corrected chi connectivity index (χ1v) is 17.5. The average Bonchev–Trinajstić information content (AvgIpc) is 3.62. The van der Waals surface area contributed by atoms with Gasteiger partial charge >= 0.3 is 4.87 Å². The van der Waals surface area contributed by atoms with Crippen molar-refractivity contribution in [3.8, 4) is 5.75 Å². The van der Waals surface area contributed by atoms with E-state index >= 15 is 0 Å². The monoisotopic (exact) mass is 650 g/mol. The van der Waals surface area contributed by atoms with Crippen LogP contribution in [-0.2, 0) is 4.74 Å². The molecular weight excluding hydrogens is 608 g/mol. The molecule has 1 atom stereocenters. The van der Waals surface area contributed by atoms with Crippen molar-refractivity contribution in [3.05, 3.63) is 48.7 Å². The fourth-order valence-corrected chi connectivity index (χ4v) is 8.14. The molecule has 4 heterocycles. The zero-order valence-electron chi connectivity index (χ0n) is 24.6. The molecule has 12 heteroatoms. The number of unbranched alkanes of at least 4 members (excludes halogenated alkanes) is 6. The predicted octanol–water partition coefficient (Wildman–Crippen LogP) is 5.37. The van der Waals surface area contributed by atoms with Crippen LogP contribution in [0.3, 0.4) is 0 Å². The third-order valence-electron chi connectivity index (χ3n) is 8.70. The van der Waals surface area contributed by atoms with Crippen LogP contribution in [0, 0.1) is 0 Å². The Balaban J connectivity index is 0.883. The molecule has 43 heavy (non-hydrogen) atoms. The van der Waals surface area contributed by atoms with Gasteiger partial charge in [0.05, 0.1) is 38.8 Å². The maximum atomic E-state index is 12.9. The second kappa shape index (κ2) is 15.3. The van der Waals surface area contributed by atoms with Gasteiger partial charge in [0.2, 0.25) is 0 Å². The number of aliphatic hydroxyl groups is 1. The van der Waals surface area contributed by atoms with Crippen molar-refractivity contribution in [1.29, 1.82) is 0 Å². The molecule has 5 rings (SSSR count). The molecule has 1 spiro atoms. The number of morpholine rings is 1. The number of hydrogen-bond acceptors (Lipinski definition) is 9. The Morgan fingerprint density at radius 1 is 1.05 bits per heavy atom. The van der Waals surface area contributed by atoms with Gasteiger partial charge < -0.3 is 35.1 Å². The number of aromatic amines is 1. The summed E-state index contributed by atoms with van der Waals surface area (Å²) >= 11 is 8.40. The van der Waals surface area contributed by atoms with Crippen molar-refractivity contribution in [1.82, 2.24) is 20.1 Å². The number of thiophene rings is 1. The SMILES string of the molecule is O=C(c1ccc(Cl)s1)N1CCOC2(CCN(CCCCCCCCCNC[C@H](O)c3ccc(O)c4[nH]c(=O)sc34)CC2)C1. The van der Waals surface area contributed by atoms with Crippen molar-refractivity contribution in [2.24, 2.45) is 0 Å². The Hall–Kier alpha value is -1.99. The van der Waals surface area contributed by atoms with Crippen LogP contribution in [0.4, 0.5) is 0 Å². The summed E-state index contributed by atoms with van der Waals surface area (Å²) in [6.45, 7) is 6.35. The number of ether oxygens (including phenoxy) is 1. The van der Waals surface area contributed by atoms with Gasteiger partial charge in [0.25, 0.3) is 5.91 Å². The molecule has 0 bridgehead atoms. The number of aromatic hydroxyl groups is 1. The van der Waals surface area contributed by atoms with Gasteiger partial charge in [-0.3, -0.25) is 9.59 Å².